The topological polar surface area (TPSA) is 108 Å². The van der Waals surface area contributed by atoms with Gasteiger partial charge in [-0.05, 0) is 30.3 Å². The number of hydrogen-bond acceptors (Lipinski definition) is 9. The van der Waals surface area contributed by atoms with Gasteiger partial charge in [0.25, 0.3) is 5.69 Å². The fourth-order valence-corrected chi connectivity index (χ4v) is 4.27. The van der Waals surface area contributed by atoms with Crippen molar-refractivity contribution in [2.45, 2.75) is 19.8 Å². The molecule has 224 valence electrons. The highest BCUT2D eigenvalue weighted by molar-refractivity contribution is 5.50. The Hall–Kier alpha value is -5.38. The molecule has 0 saturated carbocycles. The minimum absolute atomic E-state index is 0.0130. The van der Waals surface area contributed by atoms with Crippen LogP contribution in [0.3, 0.4) is 0 Å². The summed E-state index contributed by atoms with van der Waals surface area (Å²) in [4.78, 5) is 10.5. The molecule has 10 nitrogen and oxygen atoms in total. The Morgan fingerprint density at radius 3 is 1.44 bits per heavy atom. The SMILES string of the molecule is C=CCOc1c(COc2c(COc3c(COc4ccc([N+](=O)[O-])cc4)cccc3OC)cccc2OC)cccc1OC. The summed E-state index contributed by atoms with van der Waals surface area (Å²) >= 11 is 0. The van der Waals surface area contributed by atoms with Crippen LogP contribution in [0.5, 0.6) is 40.2 Å². The van der Waals surface area contributed by atoms with Crippen molar-refractivity contribution < 1.29 is 38.1 Å². The maximum absolute atomic E-state index is 11.0. The molecule has 0 radical (unpaired) electrons. The highest BCUT2D eigenvalue weighted by Gasteiger charge is 2.18. The molecule has 0 bridgehead atoms. The first-order valence-electron chi connectivity index (χ1n) is 13.3. The van der Waals surface area contributed by atoms with Gasteiger partial charge in [0.1, 0.15) is 32.2 Å². The molecule has 0 fully saturated rings. The fourth-order valence-electron chi connectivity index (χ4n) is 4.27. The number of hydrogen-bond donors (Lipinski definition) is 0. The summed E-state index contributed by atoms with van der Waals surface area (Å²) in [6.07, 6.45) is 1.66. The van der Waals surface area contributed by atoms with E-state index in [1.807, 2.05) is 48.5 Å². The summed E-state index contributed by atoms with van der Waals surface area (Å²) in [6.45, 7) is 4.50. The number of ether oxygens (including phenoxy) is 7. The number of nitrogens with zero attached hydrogens (tertiary/aromatic N) is 1. The quantitative estimate of drug-likeness (QED) is 0.0784. The third-order valence-electron chi connectivity index (χ3n) is 6.37. The lowest BCUT2D eigenvalue weighted by Gasteiger charge is -2.19. The lowest BCUT2D eigenvalue weighted by molar-refractivity contribution is -0.384. The molecular formula is C33H33NO9. The van der Waals surface area contributed by atoms with Gasteiger partial charge < -0.3 is 33.2 Å². The van der Waals surface area contributed by atoms with Gasteiger partial charge in [-0.1, -0.05) is 49.1 Å². The number of benzene rings is 4. The van der Waals surface area contributed by atoms with Gasteiger partial charge in [0.2, 0.25) is 0 Å². The Morgan fingerprint density at radius 2 is 1.05 bits per heavy atom. The highest BCUT2D eigenvalue weighted by atomic mass is 16.6. The van der Waals surface area contributed by atoms with Crippen LogP contribution < -0.4 is 33.2 Å². The second-order valence-electron chi connectivity index (χ2n) is 9.06. The molecule has 4 rings (SSSR count). The maximum Gasteiger partial charge on any atom is 0.269 e. The van der Waals surface area contributed by atoms with Gasteiger partial charge in [0.05, 0.1) is 26.3 Å². The van der Waals surface area contributed by atoms with E-state index >= 15 is 0 Å². The zero-order valence-electron chi connectivity index (χ0n) is 24.2. The molecule has 0 aliphatic rings. The van der Waals surface area contributed by atoms with E-state index in [9.17, 15) is 10.1 Å². The van der Waals surface area contributed by atoms with Gasteiger partial charge in [0, 0.05) is 28.8 Å². The van der Waals surface area contributed by atoms with Crippen LogP contribution in [0.2, 0.25) is 0 Å². The zero-order valence-corrected chi connectivity index (χ0v) is 24.2. The summed E-state index contributed by atoms with van der Waals surface area (Å²) in [6, 6.07) is 22.5. The number of methoxy groups -OCH3 is 3. The van der Waals surface area contributed by atoms with Crippen molar-refractivity contribution in [1.29, 1.82) is 0 Å². The normalized spacial score (nSPS) is 10.4. The Labute approximate surface area is 250 Å². The molecule has 0 heterocycles. The van der Waals surface area contributed by atoms with Gasteiger partial charge in [0.15, 0.2) is 34.5 Å². The minimum Gasteiger partial charge on any atom is -0.493 e. The van der Waals surface area contributed by atoms with E-state index in [2.05, 4.69) is 6.58 Å². The molecule has 0 aromatic heterocycles. The average molecular weight is 588 g/mol. The van der Waals surface area contributed by atoms with E-state index in [0.29, 0.717) is 46.9 Å². The van der Waals surface area contributed by atoms with E-state index in [1.165, 1.54) is 12.1 Å². The lowest BCUT2D eigenvalue weighted by atomic mass is 10.1. The molecular weight excluding hydrogens is 554 g/mol. The Bertz CT molecular complexity index is 1540. The number of rotatable bonds is 16. The lowest BCUT2D eigenvalue weighted by Crippen LogP contribution is -2.07. The summed E-state index contributed by atoms with van der Waals surface area (Å²) in [7, 11) is 4.72. The first-order valence-corrected chi connectivity index (χ1v) is 13.3. The second-order valence-corrected chi connectivity index (χ2v) is 9.06. The molecule has 0 aliphatic heterocycles. The second kappa shape index (κ2) is 15.0. The predicted octanol–water partition coefficient (Wildman–Crippen LogP) is 6.92. The summed E-state index contributed by atoms with van der Waals surface area (Å²) < 4.78 is 41.0. The van der Waals surface area contributed by atoms with Crippen LogP contribution >= 0.6 is 0 Å². The third-order valence-corrected chi connectivity index (χ3v) is 6.37. The molecule has 0 unspecified atom stereocenters. The Morgan fingerprint density at radius 1 is 0.628 bits per heavy atom. The number of non-ortho nitro benzene ring substituents is 1. The molecule has 10 heteroatoms. The minimum atomic E-state index is -0.458. The molecule has 4 aromatic carbocycles. The van der Waals surface area contributed by atoms with Crippen LogP contribution in [0.4, 0.5) is 5.69 Å². The molecule has 4 aromatic rings. The predicted molar refractivity (Wildman–Crippen MR) is 161 cm³/mol. The molecule has 43 heavy (non-hydrogen) atoms. The van der Waals surface area contributed by atoms with Crippen molar-refractivity contribution >= 4 is 5.69 Å². The zero-order chi connectivity index (χ0) is 30.6. The first-order chi connectivity index (χ1) is 21.0. The fraction of sp³-hybridized carbons (Fsp3) is 0.212. The van der Waals surface area contributed by atoms with Crippen molar-refractivity contribution in [2.24, 2.45) is 0 Å². The first kappa shape index (κ1) is 30.6. The molecule has 0 aliphatic carbocycles. The summed E-state index contributed by atoms with van der Waals surface area (Å²) in [5, 5.41) is 11.0. The number of nitro groups is 1. The molecule has 0 amide bonds. The Kier molecular flexibility index (Phi) is 10.7. The van der Waals surface area contributed by atoms with Crippen molar-refractivity contribution in [3.8, 4) is 40.2 Å². The van der Waals surface area contributed by atoms with Crippen molar-refractivity contribution in [1.82, 2.24) is 0 Å². The van der Waals surface area contributed by atoms with Crippen LogP contribution in [0.1, 0.15) is 16.7 Å². The average Bonchev–Trinajstić information content (AvgIpc) is 3.04. The standard InChI is InChI=1S/C33H33NO9/c1-5-19-40-31-24(10-7-12-28(31)37-2)21-42-33-25(11-8-14-30(33)39-4)22-43-32-23(9-6-13-29(32)38-3)20-41-27-17-15-26(16-18-27)34(35)36/h5-18H,1,19-22H2,2-4H3. The summed E-state index contributed by atoms with van der Waals surface area (Å²) in [5.41, 5.74) is 2.24. The Balaban J connectivity index is 1.54. The van der Waals surface area contributed by atoms with Crippen LogP contribution in [-0.4, -0.2) is 32.9 Å². The van der Waals surface area contributed by atoms with Crippen LogP contribution in [-0.2, 0) is 19.8 Å². The third kappa shape index (κ3) is 7.68. The van der Waals surface area contributed by atoms with Gasteiger partial charge in [-0.25, -0.2) is 0 Å². The maximum atomic E-state index is 11.0. The van der Waals surface area contributed by atoms with Crippen LogP contribution in [0.15, 0.2) is 91.5 Å². The monoisotopic (exact) mass is 587 g/mol. The molecule has 0 N–H and O–H groups in total. The van der Waals surface area contributed by atoms with Gasteiger partial charge in [-0.3, -0.25) is 10.1 Å². The van der Waals surface area contributed by atoms with Crippen molar-refractivity contribution in [3.05, 3.63) is 118 Å². The number of para-hydroxylation sites is 3. The highest BCUT2D eigenvalue weighted by Crippen LogP contribution is 2.38. The van der Waals surface area contributed by atoms with E-state index < -0.39 is 4.92 Å². The molecule has 0 spiro atoms. The van der Waals surface area contributed by atoms with Crippen LogP contribution in [0.25, 0.3) is 0 Å². The van der Waals surface area contributed by atoms with Crippen LogP contribution in [0, 0.1) is 10.1 Å². The molecule has 0 atom stereocenters. The van der Waals surface area contributed by atoms with Crippen molar-refractivity contribution in [2.75, 3.05) is 27.9 Å². The van der Waals surface area contributed by atoms with Gasteiger partial charge >= 0.3 is 0 Å². The van der Waals surface area contributed by atoms with Gasteiger partial charge in [-0.15, -0.1) is 0 Å². The van der Waals surface area contributed by atoms with E-state index in [1.54, 1.807) is 45.6 Å². The number of nitro benzene ring substituents is 1. The van der Waals surface area contributed by atoms with E-state index in [4.69, 9.17) is 33.2 Å². The van der Waals surface area contributed by atoms with Crippen molar-refractivity contribution in [3.63, 3.8) is 0 Å². The smallest absolute Gasteiger partial charge is 0.269 e. The summed E-state index contributed by atoms with van der Waals surface area (Å²) in [5.74, 6) is 3.72. The van der Waals surface area contributed by atoms with E-state index in [0.717, 1.165) is 16.7 Å². The largest absolute Gasteiger partial charge is 0.493 e. The molecule has 0 saturated heterocycles. The van der Waals surface area contributed by atoms with Gasteiger partial charge in [-0.2, -0.15) is 0 Å². The van der Waals surface area contributed by atoms with E-state index in [-0.39, 0.29) is 25.5 Å².